The Kier molecular flexibility index (Phi) is 4.65. The van der Waals surface area contributed by atoms with Gasteiger partial charge in [0.25, 0.3) is 5.91 Å². The molecule has 0 aromatic heterocycles. The molecule has 0 fully saturated rings. The smallest absolute Gasteiger partial charge is 0.311 e. The molecule has 2 N–H and O–H groups in total. The Balaban J connectivity index is 1.69. The van der Waals surface area contributed by atoms with E-state index in [2.05, 4.69) is 0 Å². The molecule has 1 atom stereocenters. The van der Waals surface area contributed by atoms with Gasteiger partial charge in [-0.25, -0.2) is 0 Å². The van der Waals surface area contributed by atoms with Gasteiger partial charge in [0.15, 0.2) is 11.5 Å². The molecule has 1 aliphatic heterocycles. The van der Waals surface area contributed by atoms with E-state index < -0.39 is 18.0 Å². The molecule has 6 heteroatoms. The van der Waals surface area contributed by atoms with Gasteiger partial charge in [0.1, 0.15) is 13.2 Å². The second-order valence-corrected chi connectivity index (χ2v) is 5.34. The van der Waals surface area contributed by atoms with Crippen LogP contribution in [0.1, 0.15) is 17.2 Å². The molecule has 3 rings (SSSR count). The number of nitrogens with two attached hydrogens (primary N) is 1. The van der Waals surface area contributed by atoms with Gasteiger partial charge in [-0.3, -0.25) is 9.59 Å². The van der Waals surface area contributed by atoms with Gasteiger partial charge >= 0.3 is 5.97 Å². The van der Waals surface area contributed by atoms with Crippen LogP contribution in [-0.4, -0.2) is 25.1 Å². The number of rotatable bonds is 5. The van der Waals surface area contributed by atoms with Crippen molar-refractivity contribution in [1.82, 2.24) is 0 Å². The Morgan fingerprint density at radius 3 is 2.46 bits per heavy atom. The fourth-order valence-corrected chi connectivity index (χ4v) is 2.46. The van der Waals surface area contributed by atoms with E-state index in [1.54, 1.807) is 48.5 Å². The number of ether oxygens (including phenoxy) is 3. The molecule has 0 saturated heterocycles. The maximum atomic E-state index is 12.2. The van der Waals surface area contributed by atoms with Crippen molar-refractivity contribution >= 4 is 11.9 Å². The Morgan fingerprint density at radius 1 is 1.04 bits per heavy atom. The van der Waals surface area contributed by atoms with E-state index >= 15 is 0 Å². The van der Waals surface area contributed by atoms with Gasteiger partial charge in [-0.15, -0.1) is 0 Å². The van der Waals surface area contributed by atoms with Crippen LogP contribution in [0.5, 0.6) is 11.5 Å². The minimum absolute atomic E-state index is 0.00720. The lowest BCUT2D eigenvalue weighted by atomic mass is 10.1. The fourth-order valence-electron chi connectivity index (χ4n) is 2.46. The van der Waals surface area contributed by atoms with Crippen molar-refractivity contribution in [2.75, 3.05) is 13.2 Å². The van der Waals surface area contributed by atoms with Crippen LogP contribution in [0, 0.1) is 0 Å². The van der Waals surface area contributed by atoms with Gasteiger partial charge < -0.3 is 19.9 Å². The number of esters is 1. The first-order valence-electron chi connectivity index (χ1n) is 7.56. The SMILES string of the molecule is NC(=O)C(OC(=O)Cc1ccc2c(c1)OCCO2)c1ccccc1. The molecule has 1 heterocycles. The molecule has 1 aliphatic rings. The molecule has 0 saturated carbocycles. The van der Waals surface area contributed by atoms with E-state index in [0.717, 1.165) is 0 Å². The summed E-state index contributed by atoms with van der Waals surface area (Å²) < 4.78 is 16.2. The summed E-state index contributed by atoms with van der Waals surface area (Å²) in [6, 6.07) is 13.9. The monoisotopic (exact) mass is 327 g/mol. The van der Waals surface area contributed by atoms with Gasteiger partial charge in [-0.1, -0.05) is 36.4 Å². The summed E-state index contributed by atoms with van der Waals surface area (Å²) in [6.07, 6.45) is -1.09. The van der Waals surface area contributed by atoms with Crippen LogP contribution < -0.4 is 15.2 Å². The van der Waals surface area contributed by atoms with Crippen LogP contribution in [0.25, 0.3) is 0 Å². The average Bonchev–Trinajstić information content (AvgIpc) is 2.60. The average molecular weight is 327 g/mol. The number of amides is 1. The number of carbonyl (C=O) groups is 2. The third-order valence-electron chi connectivity index (χ3n) is 3.57. The first-order valence-corrected chi connectivity index (χ1v) is 7.56. The molecule has 0 bridgehead atoms. The van der Waals surface area contributed by atoms with E-state index in [9.17, 15) is 9.59 Å². The van der Waals surface area contributed by atoms with E-state index in [1.807, 2.05) is 0 Å². The van der Waals surface area contributed by atoms with Gasteiger partial charge in [0.2, 0.25) is 6.10 Å². The highest BCUT2D eigenvalue weighted by atomic mass is 16.6. The Morgan fingerprint density at radius 2 is 1.75 bits per heavy atom. The molecular formula is C18H17NO5. The minimum Gasteiger partial charge on any atom is -0.486 e. The molecular weight excluding hydrogens is 310 g/mol. The number of hydrogen-bond donors (Lipinski definition) is 1. The van der Waals surface area contributed by atoms with E-state index in [1.165, 1.54) is 0 Å². The highest BCUT2D eigenvalue weighted by Crippen LogP contribution is 2.31. The zero-order valence-corrected chi connectivity index (χ0v) is 12.9. The van der Waals surface area contributed by atoms with E-state index in [4.69, 9.17) is 19.9 Å². The summed E-state index contributed by atoms with van der Waals surface area (Å²) in [7, 11) is 0. The molecule has 0 aliphatic carbocycles. The van der Waals surface area contributed by atoms with Gasteiger partial charge in [0, 0.05) is 5.56 Å². The molecule has 0 spiro atoms. The predicted octanol–water partition coefficient (Wildman–Crippen LogP) is 1.77. The van der Waals surface area contributed by atoms with Crippen LogP contribution in [0.3, 0.4) is 0 Å². The number of benzene rings is 2. The summed E-state index contributed by atoms with van der Waals surface area (Å²) in [5.74, 6) is -0.00483. The van der Waals surface area contributed by atoms with E-state index in [-0.39, 0.29) is 6.42 Å². The predicted molar refractivity (Wildman–Crippen MR) is 85.6 cm³/mol. The number of primary amides is 1. The quantitative estimate of drug-likeness (QED) is 0.846. The topological polar surface area (TPSA) is 87.9 Å². The van der Waals surface area contributed by atoms with E-state index in [0.29, 0.717) is 35.8 Å². The maximum Gasteiger partial charge on any atom is 0.311 e. The van der Waals surface area contributed by atoms with Crippen molar-refractivity contribution in [2.45, 2.75) is 12.5 Å². The second kappa shape index (κ2) is 7.04. The Bertz CT molecular complexity index is 744. The molecule has 124 valence electrons. The van der Waals surface area contributed by atoms with Gasteiger partial charge in [-0.05, 0) is 17.7 Å². The summed E-state index contributed by atoms with van der Waals surface area (Å²) in [5, 5.41) is 0. The molecule has 6 nitrogen and oxygen atoms in total. The highest BCUT2D eigenvalue weighted by molar-refractivity contribution is 5.84. The maximum absolute atomic E-state index is 12.2. The van der Waals surface area contributed by atoms with Crippen molar-refractivity contribution in [2.24, 2.45) is 5.73 Å². The van der Waals surface area contributed by atoms with Crippen molar-refractivity contribution < 1.29 is 23.8 Å². The number of fused-ring (bicyclic) bond motifs is 1. The summed E-state index contributed by atoms with van der Waals surface area (Å²) >= 11 is 0. The van der Waals surface area contributed by atoms with Crippen LogP contribution >= 0.6 is 0 Å². The fraction of sp³-hybridized carbons (Fsp3) is 0.222. The lowest BCUT2D eigenvalue weighted by molar-refractivity contribution is -0.154. The zero-order valence-electron chi connectivity index (χ0n) is 12.9. The van der Waals surface area contributed by atoms with Crippen LogP contribution in [-0.2, 0) is 20.7 Å². The Hall–Kier alpha value is -3.02. The standard InChI is InChI=1S/C18H17NO5/c19-18(21)17(13-4-2-1-3-5-13)24-16(20)11-12-6-7-14-15(10-12)23-9-8-22-14/h1-7,10,17H,8-9,11H2,(H2,19,21). The summed E-state index contributed by atoms with van der Waals surface area (Å²) in [4.78, 5) is 23.8. The summed E-state index contributed by atoms with van der Waals surface area (Å²) in [5.41, 5.74) is 6.60. The molecule has 1 amide bonds. The van der Waals surface area contributed by atoms with Crippen LogP contribution in [0.15, 0.2) is 48.5 Å². The van der Waals surface area contributed by atoms with Crippen molar-refractivity contribution in [1.29, 1.82) is 0 Å². The van der Waals surface area contributed by atoms with Crippen molar-refractivity contribution in [3.63, 3.8) is 0 Å². The first kappa shape index (κ1) is 15.9. The van der Waals surface area contributed by atoms with Gasteiger partial charge in [0.05, 0.1) is 6.42 Å². The van der Waals surface area contributed by atoms with Crippen LogP contribution in [0.4, 0.5) is 0 Å². The molecule has 0 radical (unpaired) electrons. The lowest BCUT2D eigenvalue weighted by Crippen LogP contribution is -2.26. The van der Waals surface area contributed by atoms with Crippen LogP contribution in [0.2, 0.25) is 0 Å². The van der Waals surface area contributed by atoms with Crippen molar-refractivity contribution in [3.8, 4) is 11.5 Å². The third-order valence-corrected chi connectivity index (χ3v) is 3.57. The number of hydrogen-bond acceptors (Lipinski definition) is 5. The van der Waals surface area contributed by atoms with Crippen molar-refractivity contribution in [3.05, 3.63) is 59.7 Å². The lowest BCUT2D eigenvalue weighted by Gasteiger charge is -2.19. The molecule has 2 aromatic carbocycles. The second-order valence-electron chi connectivity index (χ2n) is 5.34. The largest absolute Gasteiger partial charge is 0.486 e. The highest BCUT2D eigenvalue weighted by Gasteiger charge is 2.23. The molecule has 2 aromatic rings. The minimum atomic E-state index is -1.10. The Labute approximate surface area is 139 Å². The normalized spacial score (nSPS) is 13.8. The third kappa shape index (κ3) is 3.65. The zero-order chi connectivity index (χ0) is 16.9. The van der Waals surface area contributed by atoms with Gasteiger partial charge in [-0.2, -0.15) is 0 Å². The first-order chi connectivity index (χ1) is 11.6. The molecule has 1 unspecified atom stereocenters. The number of carbonyl (C=O) groups excluding carboxylic acids is 2. The summed E-state index contributed by atoms with van der Waals surface area (Å²) in [6.45, 7) is 0.977. The molecule has 24 heavy (non-hydrogen) atoms.